The molecule has 0 atom stereocenters. The molecular formula is C10H14Cl2N2. The first kappa shape index (κ1) is 11.6. The average molecular weight is 233 g/mol. The first-order chi connectivity index (χ1) is 6.56. The number of anilines is 1. The molecule has 4 heteroatoms. The summed E-state index contributed by atoms with van der Waals surface area (Å²) < 4.78 is 0. The Morgan fingerprint density at radius 3 is 2.50 bits per heavy atom. The Labute approximate surface area is 94.6 Å². The average Bonchev–Trinajstić information content (AvgIpc) is 2.09. The summed E-state index contributed by atoms with van der Waals surface area (Å²) in [7, 11) is 0. The van der Waals surface area contributed by atoms with Gasteiger partial charge in [0.05, 0.1) is 15.7 Å². The number of halogens is 2. The molecule has 0 bridgehead atoms. The fourth-order valence-corrected chi connectivity index (χ4v) is 1.82. The van der Waals surface area contributed by atoms with Gasteiger partial charge in [0.2, 0.25) is 0 Å². The molecule has 0 unspecified atom stereocenters. The molecule has 0 saturated heterocycles. The molecule has 1 rings (SSSR count). The van der Waals surface area contributed by atoms with Gasteiger partial charge in [0.15, 0.2) is 0 Å². The Bertz CT molecular complexity index is 324. The third kappa shape index (κ3) is 2.52. The van der Waals surface area contributed by atoms with E-state index in [1.54, 1.807) is 6.07 Å². The smallest absolute Gasteiger partial charge is 0.145 e. The predicted molar refractivity (Wildman–Crippen MR) is 62.5 cm³/mol. The SMILES string of the molecule is CCNc1nc(C(C)C)c(Cl)cc1Cl. The van der Waals surface area contributed by atoms with E-state index in [9.17, 15) is 0 Å². The summed E-state index contributed by atoms with van der Waals surface area (Å²) in [4.78, 5) is 4.39. The molecule has 1 aromatic heterocycles. The number of aromatic nitrogens is 1. The molecule has 0 aromatic carbocycles. The summed E-state index contributed by atoms with van der Waals surface area (Å²) in [5.74, 6) is 1.01. The summed E-state index contributed by atoms with van der Waals surface area (Å²) in [6.45, 7) is 6.91. The molecule has 0 radical (unpaired) electrons. The third-order valence-corrected chi connectivity index (χ3v) is 2.44. The van der Waals surface area contributed by atoms with Crippen molar-refractivity contribution in [1.82, 2.24) is 4.98 Å². The van der Waals surface area contributed by atoms with Crippen molar-refractivity contribution < 1.29 is 0 Å². The summed E-state index contributed by atoms with van der Waals surface area (Å²) in [6, 6.07) is 1.74. The van der Waals surface area contributed by atoms with Crippen molar-refractivity contribution >= 4 is 29.0 Å². The molecule has 0 aliphatic heterocycles. The van der Waals surface area contributed by atoms with E-state index in [0.29, 0.717) is 21.8 Å². The number of pyridine rings is 1. The Morgan fingerprint density at radius 2 is 2.00 bits per heavy atom. The fraction of sp³-hybridized carbons (Fsp3) is 0.500. The molecule has 78 valence electrons. The van der Waals surface area contributed by atoms with Crippen molar-refractivity contribution in [3.8, 4) is 0 Å². The van der Waals surface area contributed by atoms with E-state index >= 15 is 0 Å². The zero-order valence-electron chi connectivity index (χ0n) is 8.56. The third-order valence-electron chi connectivity index (χ3n) is 1.85. The maximum Gasteiger partial charge on any atom is 0.145 e. The highest BCUT2D eigenvalue weighted by atomic mass is 35.5. The van der Waals surface area contributed by atoms with E-state index in [-0.39, 0.29) is 0 Å². The predicted octanol–water partition coefficient (Wildman–Crippen LogP) is 3.94. The first-order valence-electron chi connectivity index (χ1n) is 4.66. The van der Waals surface area contributed by atoms with Crippen LogP contribution < -0.4 is 5.32 Å². The minimum absolute atomic E-state index is 0.303. The minimum Gasteiger partial charge on any atom is -0.369 e. The number of nitrogens with zero attached hydrogens (tertiary/aromatic N) is 1. The molecule has 1 heterocycles. The van der Waals surface area contributed by atoms with E-state index < -0.39 is 0 Å². The second-order valence-corrected chi connectivity index (χ2v) is 4.19. The Morgan fingerprint density at radius 1 is 1.36 bits per heavy atom. The highest BCUT2D eigenvalue weighted by Crippen LogP contribution is 2.29. The summed E-state index contributed by atoms with van der Waals surface area (Å²) in [6.07, 6.45) is 0. The molecule has 0 aliphatic carbocycles. The number of nitrogens with one attached hydrogen (secondary N) is 1. The van der Waals surface area contributed by atoms with Crippen LogP contribution in [0.15, 0.2) is 6.07 Å². The van der Waals surface area contributed by atoms with Crippen molar-refractivity contribution in [3.63, 3.8) is 0 Å². The van der Waals surface area contributed by atoms with Crippen LogP contribution in [0.2, 0.25) is 10.0 Å². The van der Waals surface area contributed by atoms with Crippen LogP contribution in [0, 0.1) is 0 Å². The Kier molecular flexibility index (Phi) is 4.02. The molecule has 0 aliphatic rings. The van der Waals surface area contributed by atoms with Crippen molar-refractivity contribution in [2.75, 3.05) is 11.9 Å². The van der Waals surface area contributed by atoms with Gasteiger partial charge in [0, 0.05) is 6.54 Å². The van der Waals surface area contributed by atoms with Gasteiger partial charge in [-0.05, 0) is 18.9 Å². The van der Waals surface area contributed by atoms with Crippen LogP contribution in [0.3, 0.4) is 0 Å². The Hall–Kier alpha value is -0.470. The van der Waals surface area contributed by atoms with Gasteiger partial charge in [-0.3, -0.25) is 0 Å². The quantitative estimate of drug-likeness (QED) is 0.855. The largest absolute Gasteiger partial charge is 0.369 e. The molecule has 14 heavy (non-hydrogen) atoms. The van der Waals surface area contributed by atoms with Crippen molar-refractivity contribution in [2.24, 2.45) is 0 Å². The lowest BCUT2D eigenvalue weighted by molar-refractivity contribution is 0.823. The van der Waals surface area contributed by atoms with Gasteiger partial charge in [0.25, 0.3) is 0 Å². The summed E-state index contributed by atoms with van der Waals surface area (Å²) in [5, 5.41) is 4.30. The molecule has 1 N–H and O–H groups in total. The lowest BCUT2D eigenvalue weighted by atomic mass is 10.1. The topological polar surface area (TPSA) is 24.9 Å². The van der Waals surface area contributed by atoms with Crippen LogP contribution in [-0.4, -0.2) is 11.5 Å². The highest BCUT2D eigenvalue weighted by molar-refractivity contribution is 6.36. The molecule has 0 amide bonds. The molecular weight excluding hydrogens is 219 g/mol. The second kappa shape index (κ2) is 4.85. The van der Waals surface area contributed by atoms with Gasteiger partial charge in [-0.1, -0.05) is 37.0 Å². The highest BCUT2D eigenvalue weighted by Gasteiger charge is 2.11. The lowest BCUT2D eigenvalue weighted by Crippen LogP contribution is -2.03. The Balaban J connectivity index is 3.13. The summed E-state index contributed by atoms with van der Waals surface area (Å²) in [5.41, 5.74) is 0.881. The van der Waals surface area contributed by atoms with Gasteiger partial charge in [-0.25, -0.2) is 4.98 Å². The van der Waals surface area contributed by atoms with Crippen LogP contribution in [0.1, 0.15) is 32.4 Å². The molecule has 0 spiro atoms. The van der Waals surface area contributed by atoms with Gasteiger partial charge in [0.1, 0.15) is 5.82 Å². The molecule has 0 fully saturated rings. The van der Waals surface area contributed by atoms with Gasteiger partial charge >= 0.3 is 0 Å². The monoisotopic (exact) mass is 232 g/mol. The minimum atomic E-state index is 0.303. The van der Waals surface area contributed by atoms with Gasteiger partial charge < -0.3 is 5.32 Å². The van der Waals surface area contributed by atoms with Crippen molar-refractivity contribution in [3.05, 3.63) is 21.8 Å². The van der Waals surface area contributed by atoms with Crippen LogP contribution in [0.5, 0.6) is 0 Å². The number of hydrogen-bond donors (Lipinski definition) is 1. The maximum atomic E-state index is 6.02. The van der Waals surface area contributed by atoms with Crippen LogP contribution in [-0.2, 0) is 0 Å². The van der Waals surface area contributed by atoms with E-state index in [0.717, 1.165) is 12.2 Å². The summed E-state index contributed by atoms with van der Waals surface area (Å²) >= 11 is 12.0. The van der Waals surface area contributed by atoms with Crippen LogP contribution >= 0.6 is 23.2 Å². The first-order valence-corrected chi connectivity index (χ1v) is 5.41. The van der Waals surface area contributed by atoms with Crippen LogP contribution in [0.4, 0.5) is 5.82 Å². The van der Waals surface area contributed by atoms with Crippen molar-refractivity contribution in [1.29, 1.82) is 0 Å². The normalized spacial score (nSPS) is 10.7. The van der Waals surface area contributed by atoms with Crippen molar-refractivity contribution in [2.45, 2.75) is 26.7 Å². The molecule has 0 saturated carbocycles. The van der Waals surface area contributed by atoms with E-state index in [1.807, 2.05) is 6.92 Å². The van der Waals surface area contributed by atoms with Crippen LogP contribution in [0.25, 0.3) is 0 Å². The zero-order valence-corrected chi connectivity index (χ0v) is 10.1. The fourth-order valence-electron chi connectivity index (χ4n) is 1.18. The maximum absolute atomic E-state index is 6.02. The second-order valence-electron chi connectivity index (χ2n) is 3.37. The lowest BCUT2D eigenvalue weighted by Gasteiger charge is -2.11. The van der Waals surface area contributed by atoms with E-state index in [1.165, 1.54) is 0 Å². The molecule has 1 aromatic rings. The number of rotatable bonds is 3. The zero-order chi connectivity index (χ0) is 10.7. The van der Waals surface area contributed by atoms with E-state index in [2.05, 4.69) is 24.1 Å². The molecule has 2 nitrogen and oxygen atoms in total. The van der Waals surface area contributed by atoms with E-state index in [4.69, 9.17) is 23.2 Å². The van der Waals surface area contributed by atoms with Gasteiger partial charge in [-0.15, -0.1) is 0 Å². The van der Waals surface area contributed by atoms with Gasteiger partial charge in [-0.2, -0.15) is 0 Å². The standard InChI is InChI=1S/C10H14Cl2N2/c1-4-13-10-8(12)5-7(11)9(14-10)6(2)3/h5-6H,4H2,1-3H3,(H,13,14). The number of hydrogen-bond acceptors (Lipinski definition) is 2.